The van der Waals surface area contributed by atoms with Crippen molar-refractivity contribution in [1.29, 1.82) is 0 Å². The average molecular weight is 244 g/mol. The van der Waals surface area contributed by atoms with Crippen LogP contribution in [0.3, 0.4) is 0 Å². The average Bonchev–Trinajstić information content (AvgIpc) is 3.00. The topological polar surface area (TPSA) is 46.3 Å². The molecule has 2 aliphatic rings. The number of carbonyl (C=O) groups is 1. The summed E-state index contributed by atoms with van der Waals surface area (Å²) in [6.45, 7) is 0. The van der Waals surface area contributed by atoms with Gasteiger partial charge in [0.2, 0.25) is 0 Å². The van der Waals surface area contributed by atoms with Gasteiger partial charge in [0.1, 0.15) is 0 Å². The van der Waals surface area contributed by atoms with Gasteiger partial charge in [-0.05, 0) is 55.4 Å². The number of hydrogen-bond acceptors (Lipinski definition) is 2. The minimum Gasteiger partial charge on any atom is -0.399 e. The van der Waals surface area contributed by atoms with Crippen LogP contribution in [-0.2, 0) is 0 Å². The smallest absolute Gasteiger partial charge is 0.253 e. The van der Waals surface area contributed by atoms with Crippen molar-refractivity contribution in [1.82, 2.24) is 4.90 Å². The third-order valence-corrected chi connectivity index (χ3v) is 4.68. The van der Waals surface area contributed by atoms with Gasteiger partial charge in [0, 0.05) is 24.3 Å². The van der Waals surface area contributed by atoms with E-state index >= 15 is 0 Å². The second kappa shape index (κ2) is 4.30. The SMILES string of the molecule is CN(C(=O)c1ccc(N)cc1)[C@@H]1C[C@H]2CC[C@H]1C2. The standard InChI is InChI=1S/C15H20N2O/c1-17(14-9-10-2-3-12(14)8-10)15(18)11-4-6-13(16)7-5-11/h4-7,10,12,14H,2-3,8-9,16H2,1H3/t10-,12-,14+/m0/s1. The number of nitrogens with zero attached hydrogens (tertiary/aromatic N) is 1. The Morgan fingerprint density at radius 2 is 1.94 bits per heavy atom. The van der Waals surface area contributed by atoms with Gasteiger partial charge in [0.15, 0.2) is 0 Å². The third-order valence-electron chi connectivity index (χ3n) is 4.68. The first-order valence-electron chi connectivity index (χ1n) is 6.78. The first-order valence-corrected chi connectivity index (χ1v) is 6.78. The van der Waals surface area contributed by atoms with E-state index in [9.17, 15) is 4.79 Å². The summed E-state index contributed by atoms with van der Waals surface area (Å²) in [5, 5.41) is 0. The molecule has 1 aromatic carbocycles. The second-order valence-corrected chi connectivity index (χ2v) is 5.78. The normalized spacial score (nSPS) is 29.5. The lowest BCUT2D eigenvalue weighted by molar-refractivity contribution is 0.0677. The number of fused-ring (bicyclic) bond motifs is 2. The Bertz CT molecular complexity index is 454. The van der Waals surface area contributed by atoms with Crippen molar-refractivity contribution < 1.29 is 4.79 Å². The van der Waals surface area contributed by atoms with Crippen LogP contribution in [0.15, 0.2) is 24.3 Å². The molecule has 18 heavy (non-hydrogen) atoms. The van der Waals surface area contributed by atoms with Crippen molar-refractivity contribution >= 4 is 11.6 Å². The molecular weight excluding hydrogens is 224 g/mol. The molecule has 96 valence electrons. The highest BCUT2D eigenvalue weighted by Gasteiger charge is 2.42. The molecule has 3 atom stereocenters. The lowest BCUT2D eigenvalue weighted by atomic mass is 9.94. The van der Waals surface area contributed by atoms with E-state index in [1.807, 2.05) is 24.1 Å². The van der Waals surface area contributed by atoms with Crippen LogP contribution in [0.5, 0.6) is 0 Å². The number of hydrogen-bond donors (Lipinski definition) is 1. The third kappa shape index (κ3) is 1.88. The Labute approximate surface area is 108 Å². The van der Waals surface area contributed by atoms with Gasteiger partial charge >= 0.3 is 0 Å². The fourth-order valence-corrected chi connectivity index (χ4v) is 3.67. The summed E-state index contributed by atoms with van der Waals surface area (Å²) in [6, 6.07) is 7.68. The fraction of sp³-hybridized carbons (Fsp3) is 0.533. The van der Waals surface area contributed by atoms with Crippen LogP contribution in [0.4, 0.5) is 5.69 Å². The van der Waals surface area contributed by atoms with Crippen LogP contribution < -0.4 is 5.73 Å². The summed E-state index contributed by atoms with van der Waals surface area (Å²) < 4.78 is 0. The van der Waals surface area contributed by atoms with Gasteiger partial charge in [-0.1, -0.05) is 6.42 Å². The minimum absolute atomic E-state index is 0.132. The molecule has 0 spiro atoms. The molecule has 2 aliphatic carbocycles. The minimum atomic E-state index is 0.132. The highest BCUT2D eigenvalue weighted by atomic mass is 16.2. The van der Waals surface area contributed by atoms with Gasteiger partial charge in [-0.3, -0.25) is 4.79 Å². The van der Waals surface area contributed by atoms with Gasteiger partial charge in [-0.15, -0.1) is 0 Å². The molecule has 0 heterocycles. The van der Waals surface area contributed by atoms with E-state index in [1.54, 1.807) is 12.1 Å². The van der Waals surface area contributed by atoms with Crippen LogP contribution in [0.25, 0.3) is 0 Å². The zero-order valence-corrected chi connectivity index (χ0v) is 10.8. The van der Waals surface area contributed by atoms with E-state index in [0.717, 1.165) is 17.4 Å². The van der Waals surface area contributed by atoms with Crippen LogP contribution >= 0.6 is 0 Å². The highest BCUT2D eigenvalue weighted by Crippen LogP contribution is 2.46. The number of rotatable bonds is 2. The molecule has 1 amide bonds. The summed E-state index contributed by atoms with van der Waals surface area (Å²) in [6.07, 6.45) is 5.19. The molecule has 0 radical (unpaired) electrons. The number of nitrogens with two attached hydrogens (primary N) is 1. The molecule has 2 bridgehead atoms. The summed E-state index contributed by atoms with van der Waals surface area (Å²) in [4.78, 5) is 14.4. The maximum Gasteiger partial charge on any atom is 0.253 e. The van der Waals surface area contributed by atoms with Crippen LogP contribution in [0.1, 0.15) is 36.0 Å². The second-order valence-electron chi connectivity index (χ2n) is 5.78. The zero-order chi connectivity index (χ0) is 12.7. The molecule has 3 rings (SSSR count). The van der Waals surface area contributed by atoms with Crippen molar-refractivity contribution in [3.05, 3.63) is 29.8 Å². The van der Waals surface area contributed by atoms with Crippen molar-refractivity contribution in [2.45, 2.75) is 31.7 Å². The molecule has 0 saturated heterocycles. The predicted molar refractivity (Wildman–Crippen MR) is 72.2 cm³/mol. The molecule has 0 unspecified atom stereocenters. The van der Waals surface area contributed by atoms with E-state index in [1.165, 1.54) is 25.7 Å². The van der Waals surface area contributed by atoms with E-state index in [0.29, 0.717) is 11.7 Å². The summed E-state index contributed by atoms with van der Waals surface area (Å²) in [5.41, 5.74) is 7.10. The summed E-state index contributed by atoms with van der Waals surface area (Å²) in [5.74, 6) is 1.73. The van der Waals surface area contributed by atoms with Gasteiger partial charge < -0.3 is 10.6 Å². The first-order chi connectivity index (χ1) is 8.65. The molecule has 0 aromatic heterocycles. The Hall–Kier alpha value is -1.51. The van der Waals surface area contributed by atoms with E-state index in [-0.39, 0.29) is 5.91 Å². The quantitative estimate of drug-likeness (QED) is 0.813. The predicted octanol–water partition coefficient (Wildman–Crippen LogP) is 2.53. The van der Waals surface area contributed by atoms with Crippen LogP contribution in [0.2, 0.25) is 0 Å². The highest BCUT2D eigenvalue weighted by molar-refractivity contribution is 5.94. The number of carbonyl (C=O) groups excluding carboxylic acids is 1. The van der Waals surface area contributed by atoms with Gasteiger partial charge in [0.25, 0.3) is 5.91 Å². The molecule has 1 aromatic rings. The maximum atomic E-state index is 12.4. The van der Waals surface area contributed by atoms with Crippen molar-refractivity contribution in [2.75, 3.05) is 12.8 Å². The summed E-state index contributed by atoms with van der Waals surface area (Å²) in [7, 11) is 1.95. The Balaban J connectivity index is 1.74. The molecule has 0 aliphatic heterocycles. The maximum absolute atomic E-state index is 12.4. The fourth-order valence-electron chi connectivity index (χ4n) is 3.67. The van der Waals surface area contributed by atoms with Gasteiger partial charge in [0.05, 0.1) is 0 Å². The lowest BCUT2D eigenvalue weighted by Crippen LogP contribution is -2.40. The van der Waals surface area contributed by atoms with Gasteiger partial charge in [-0.2, -0.15) is 0 Å². The van der Waals surface area contributed by atoms with E-state index in [4.69, 9.17) is 5.73 Å². The molecular formula is C15H20N2O. The molecule has 2 N–H and O–H groups in total. The van der Waals surface area contributed by atoms with Crippen molar-refractivity contribution in [3.63, 3.8) is 0 Å². The number of amides is 1. The molecule has 3 nitrogen and oxygen atoms in total. The van der Waals surface area contributed by atoms with Gasteiger partial charge in [-0.25, -0.2) is 0 Å². The van der Waals surface area contributed by atoms with Crippen molar-refractivity contribution in [2.24, 2.45) is 11.8 Å². The number of nitrogen functional groups attached to an aromatic ring is 1. The largest absolute Gasteiger partial charge is 0.399 e. The van der Waals surface area contributed by atoms with E-state index in [2.05, 4.69) is 0 Å². The van der Waals surface area contributed by atoms with Crippen molar-refractivity contribution in [3.8, 4) is 0 Å². The molecule has 3 heteroatoms. The summed E-state index contributed by atoms with van der Waals surface area (Å²) >= 11 is 0. The Morgan fingerprint density at radius 1 is 1.22 bits per heavy atom. The number of anilines is 1. The number of benzene rings is 1. The lowest BCUT2D eigenvalue weighted by Gasteiger charge is -2.31. The Morgan fingerprint density at radius 3 is 2.50 bits per heavy atom. The molecule has 2 saturated carbocycles. The Kier molecular flexibility index (Phi) is 2.77. The van der Waals surface area contributed by atoms with Crippen LogP contribution in [-0.4, -0.2) is 23.9 Å². The molecule has 2 fully saturated rings. The van der Waals surface area contributed by atoms with Crippen LogP contribution in [0, 0.1) is 11.8 Å². The zero-order valence-electron chi connectivity index (χ0n) is 10.8. The monoisotopic (exact) mass is 244 g/mol. The van der Waals surface area contributed by atoms with E-state index < -0.39 is 0 Å². The first kappa shape index (κ1) is 11.6.